The van der Waals surface area contributed by atoms with E-state index in [1.165, 1.54) is 6.08 Å². The molecule has 0 aromatic carbocycles. The van der Waals surface area contributed by atoms with Crippen LogP contribution in [0.25, 0.3) is 0 Å². The highest BCUT2D eigenvalue weighted by molar-refractivity contribution is 5.13. The van der Waals surface area contributed by atoms with Gasteiger partial charge < -0.3 is 4.74 Å². The van der Waals surface area contributed by atoms with Gasteiger partial charge in [0, 0.05) is 0 Å². The number of rotatable bonds is 0. The van der Waals surface area contributed by atoms with E-state index in [1.54, 1.807) is 6.08 Å². The zero-order valence-electron chi connectivity index (χ0n) is 4.60. The average molecular weight is 114 g/mol. The van der Waals surface area contributed by atoms with Crippen LogP contribution in [0, 0.1) is 0 Å². The van der Waals surface area contributed by atoms with Gasteiger partial charge in [-0.15, -0.1) is 0 Å². The summed E-state index contributed by atoms with van der Waals surface area (Å²) >= 11 is 0. The third kappa shape index (κ3) is 1.09. The minimum atomic E-state index is -0.317. The highest BCUT2D eigenvalue weighted by Gasteiger charge is 2.00. The fourth-order valence-corrected chi connectivity index (χ4v) is 0.484. The SMILES string of the molecule is CC1C=CC(F)=CO1. The van der Waals surface area contributed by atoms with Crippen LogP contribution in [0.1, 0.15) is 6.92 Å². The maximum atomic E-state index is 12.0. The Kier molecular flexibility index (Phi) is 1.33. The van der Waals surface area contributed by atoms with Crippen LogP contribution in [0.3, 0.4) is 0 Å². The third-order valence-electron chi connectivity index (χ3n) is 0.922. The second kappa shape index (κ2) is 1.99. The van der Waals surface area contributed by atoms with Crippen molar-refractivity contribution in [3.05, 3.63) is 24.2 Å². The molecule has 1 aliphatic rings. The molecule has 0 radical (unpaired) electrons. The lowest BCUT2D eigenvalue weighted by Gasteiger charge is -2.08. The van der Waals surface area contributed by atoms with Crippen LogP contribution in [0.4, 0.5) is 4.39 Å². The summed E-state index contributed by atoms with van der Waals surface area (Å²) in [7, 11) is 0. The van der Waals surface area contributed by atoms with E-state index >= 15 is 0 Å². The Morgan fingerprint density at radius 1 is 1.75 bits per heavy atom. The van der Waals surface area contributed by atoms with Crippen molar-refractivity contribution in [2.75, 3.05) is 0 Å². The molecule has 44 valence electrons. The van der Waals surface area contributed by atoms with E-state index in [0.717, 1.165) is 6.26 Å². The van der Waals surface area contributed by atoms with Crippen LogP contribution < -0.4 is 0 Å². The molecule has 0 saturated heterocycles. The molecule has 0 fully saturated rings. The van der Waals surface area contributed by atoms with Crippen molar-refractivity contribution in [2.24, 2.45) is 0 Å². The molecule has 8 heavy (non-hydrogen) atoms. The lowest BCUT2D eigenvalue weighted by Crippen LogP contribution is -2.01. The zero-order chi connectivity index (χ0) is 5.98. The Bertz CT molecular complexity index is 137. The Morgan fingerprint density at radius 2 is 2.50 bits per heavy atom. The minimum absolute atomic E-state index is 0.0227. The van der Waals surface area contributed by atoms with Crippen molar-refractivity contribution < 1.29 is 9.13 Å². The van der Waals surface area contributed by atoms with Crippen LogP contribution in [0.15, 0.2) is 24.2 Å². The van der Waals surface area contributed by atoms with Crippen molar-refractivity contribution in [1.29, 1.82) is 0 Å². The minimum Gasteiger partial charge on any atom is -0.491 e. The molecule has 0 saturated carbocycles. The smallest absolute Gasteiger partial charge is 0.157 e. The topological polar surface area (TPSA) is 9.23 Å². The molecule has 2 heteroatoms. The van der Waals surface area contributed by atoms with Crippen LogP contribution in [0.2, 0.25) is 0 Å². The largest absolute Gasteiger partial charge is 0.491 e. The monoisotopic (exact) mass is 114 g/mol. The first kappa shape index (κ1) is 5.35. The van der Waals surface area contributed by atoms with Crippen LogP contribution >= 0.6 is 0 Å². The molecular weight excluding hydrogens is 107 g/mol. The van der Waals surface area contributed by atoms with Gasteiger partial charge in [-0.05, 0) is 19.1 Å². The standard InChI is InChI=1S/C6H7FO/c1-5-2-3-6(7)4-8-5/h2-5H,1H3. The maximum Gasteiger partial charge on any atom is 0.157 e. The van der Waals surface area contributed by atoms with Crippen LogP contribution in [-0.4, -0.2) is 6.10 Å². The summed E-state index contributed by atoms with van der Waals surface area (Å²) in [5.74, 6) is -0.317. The first-order chi connectivity index (χ1) is 3.79. The van der Waals surface area contributed by atoms with Gasteiger partial charge in [-0.3, -0.25) is 0 Å². The van der Waals surface area contributed by atoms with Gasteiger partial charge in [-0.2, -0.15) is 0 Å². The van der Waals surface area contributed by atoms with Crippen molar-refractivity contribution in [3.8, 4) is 0 Å². The Morgan fingerprint density at radius 3 is 2.88 bits per heavy atom. The van der Waals surface area contributed by atoms with E-state index in [-0.39, 0.29) is 11.9 Å². The number of hydrogen-bond donors (Lipinski definition) is 0. The highest BCUT2D eigenvalue weighted by atomic mass is 19.1. The van der Waals surface area contributed by atoms with Gasteiger partial charge in [0.1, 0.15) is 12.4 Å². The molecule has 1 heterocycles. The fourth-order valence-electron chi connectivity index (χ4n) is 0.484. The lowest BCUT2D eigenvalue weighted by atomic mass is 10.3. The van der Waals surface area contributed by atoms with Gasteiger partial charge >= 0.3 is 0 Å². The van der Waals surface area contributed by atoms with Crippen molar-refractivity contribution in [2.45, 2.75) is 13.0 Å². The fraction of sp³-hybridized carbons (Fsp3) is 0.333. The third-order valence-corrected chi connectivity index (χ3v) is 0.922. The number of halogens is 1. The summed E-state index contributed by atoms with van der Waals surface area (Å²) in [6.45, 7) is 1.85. The van der Waals surface area contributed by atoms with Crippen molar-refractivity contribution in [3.63, 3.8) is 0 Å². The summed E-state index contributed by atoms with van der Waals surface area (Å²) in [6, 6.07) is 0. The molecule has 1 atom stereocenters. The normalized spacial score (nSPS) is 26.8. The maximum absolute atomic E-state index is 12.0. The highest BCUT2D eigenvalue weighted by Crippen LogP contribution is 2.08. The Balaban J connectivity index is 2.58. The van der Waals surface area contributed by atoms with Gasteiger partial charge in [0.15, 0.2) is 5.83 Å². The van der Waals surface area contributed by atoms with Gasteiger partial charge in [0.05, 0.1) is 0 Å². The summed E-state index contributed by atoms with van der Waals surface area (Å²) in [5, 5.41) is 0. The molecule has 0 aromatic heterocycles. The molecule has 1 aliphatic heterocycles. The van der Waals surface area contributed by atoms with Gasteiger partial charge in [0.2, 0.25) is 0 Å². The Hall–Kier alpha value is -0.790. The molecular formula is C6H7FO. The second-order valence-corrected chi connectivity index (χ2v) is 1.70. The number of hydrogen-bond acceptors (Lipinski definition) is 1. The number of ether oxygens (including phenoxy) is 1. The summed E-state index contributed by atoms with van der Waals surface area (Å²) in [6.07, 6.45) is 4.20. The van der Waals surface area contributed by atoms with E-state index in [0.29, 0.717) is 0 Å². The molecule has 1 rings (SSSR count). The zero-order valence-corrected chi connectivity index (χ0v) is 4.60. The summed E-state index contributed by atoms with van der Waals surface area (Å²) < 4.78 is 16.8. The quantitative estimate of drug-likeness (QED) is 0.466. The van der Waals surface area contributed by atoms with Crippen LogP contribution in [0.5, 0.6) is 0 Å². The molecule has 0 spiro atoms. The van der Waals surface area contributed by atoms with E-state index in [4.69, 9.17) is 4.74 Å². The predicted octanol–water partition coefficient (Wildman–Crippen LogP) is 1.77. The number of allylic oxidation sites excluding steroid dienone is 2. The first-order valence-corrected chi connectivity index (χ1v) is 2.48. The van der Waals surface area contributed by atoms with Crippen LogP contribution in [-0.2, 0) is 4.74 Å². The van der Waals surface area contributed by atoms with E-state index in [9.17, 15) is 4.39 Å². The summed E-state index contributed by atoms with van der Waals surface area (Å²) in [4.78, 5) is 0. The molecule has 0 aliphatic carbocycles. The molecule has 0 bridgehead atoms. The average Bonchev–Trinajstić information content (AvgIpc) is 1.77. The lowest BCUT2D eigenvalue weighted by molar-refractivity contribution is 0.191. The van der Waals surface area contributed by atoms with Gasteiger partial charge in [0.25, 0.3) is 0 Å². The van der Waals surface area contributed by atoms with Crippen molar-refractivity contribution >= 4 is 0 Å². The molecule has 1 nitrogen and oxygen atoms in total. The van der Waals surface area contributed by atoms with Gasteiger partial charge in [-0.25, -0.2) is 4.39 Å². The molecule has 0 N–H and O–H groups in total. The second-order valence-electron chi connectivity index (χ2n) is 1.70. The van der Waals surface area contributed by atoms with E-state index < -0.39 is 0 Å². The first-order valence-electron chi connectivity index (χ1n) is 2.48. The van der Waals surface area contributed by atoms with E-state index in [1.807, 2.05) is 6.92 Å². The van der Waals surface area contributed by atoms with Gasteiger partial charge in [-0.1, -0.05) is 0 Å². The summed E-state index contributed by atoms with van der Waals surface area (Å²) in [5.41, 5.74) is 0. The predicted molar refractivity (Wildman–Crippen MR) is 28.9 cm³/mol. The Labute approximate surface area is 47.5 Å². The molecule has 0 aromatic rings. The van der Waals surface area contributed by atoms with Crippen molar-refractivity contribution in [1.82, 2.24) is 0 Å². The van der Waals surface area contributed by atoms with E-state index in [2.05, 4.69) is 0 Å². The molecule has 0 amide bonds. The molecule has 1 unspecified atom stereocenters.